The Morgan fingerprint density at radius 2 is 1.73 bits per heavy atom. The third-order valence-corrected chi connectivity index (χ3v) is 5.05. The highest BCUT2D eigenvalue weighted by atomic mass is 35.5. The summed E-state index contributed by atoms with van der Waals surface area (Å²) < 4.78 is 0. The highest BCUT2D eigenvalue weighted by molar-refractivity contribution is 5.95. The summed E-state index contributed by atoms with van der Waals surface area (Å²) in [5.74, 6) is 1.06. The number of carbonyl (C=O) groups is 2. The minimum absolute atomic E-state index is 0. The van der Waals surface area contributed by atoms with Gasteiger partial charge in [0.15, 0.2) is 0 Å². The lowest BCUT2D eigenvalue weighted by atomic mass is 9.84. The third kappa shape index (κ3) is 6.61. The topological polar surface area (TPSA) is 70.2 Å². The van der Waals surface area contributed by atoms with Crippen LogP contribution < -0.4 is 16.0 Å². The highest BCUT2D eigenvalue weighted by Gasteiger charge is 2.22. The monoisotopic (exact) mass is 381 g/mol. The van der Waals surface area contributed by atoms with Gasteiger partial charge in [-0.3, -0.25) is 9.59 Å². The number of rotatable bonds is 7. The van der Waals surface area contributed by atoms with Crippen LogP contribution in [0, 0.1) is 18.8 Å². The molecule has 1 saturated heterocycles. The van der Waals surface area contributed by atoms with Crippen LogP contribution in [-0.2, 0) is 9.59 Å². The highest BCUT2D eigenvalue weighted by Crippen LogP contribution is 2.27. The number of piperidine rings is 1. The number of hydrogen-bond acceptors (Lipinski definition) is 3. The van der Waals surface area contributed by atoms with Gasteiger partial charge in [0.05, 0.1) is 0 Å². The summed E-state index contributed by atoms with van der Waals surface area (Å²) in [5, 5.41) is 9.31. The zero-order chi connectivity index (χ0) is 18.2. The van der Waals surface area contributed by atoms with E-state index in [2.05, 4.69) is 22.9 Å². The molecule has 1 fully saturated rings. The Bertz CT molecular complexity index is 601. The Morgan fingerprint density at radius 3 is 2.31 bits per heavy atom. The van der Waals surface area contributed by atoms with E-state index >= 15 is 0 Å². The molecule has 26 heavy (non-hydrogen) atoms. The Labute approximate surface area is 163 Å². The lowest BCUT2D eigenvalue weighted by molar-refractivity contribution is -0.117. The van der Waals surface area contributed by atoms with E-state index in [-0.39, 0.29) is 24.2 Å². The molecule has 0 radical (unpaired) electrons. The molecule has 0 bridgehead atoms. The minimum atomic E-state index is 0. The summed E-state index contributed by atoms with van der Waals surface area (Å²) in [6, 6.07) is 5.62. The van der Waals surface area contributed by atoms with Crippen molar-refractivity contribution in [2.75, 3.05) is 23.7 Å². The summed E-state index contributed by atoms with van der Waals surface area (Å²) in [7, 11) is 0. The summed E-state index contributed by atoms with van der Waals surface area (Å²) in [6.07, 6.45) is 4.15. The summed E-state index contributed by atoms with van der Waals surface area (Å²) >= 11 is 0. The summed E-state index contributed by atoms with van der Waals surface area (Å²) in [5.41, 5.74) is 2.44. The van der Waals surface area contributed by atoms with Crippen LogP contribution in [0.2, 0.25) is 0 Å². The number of anilines is 2. The summed E-state index contributed by atoms with van der Waals surface area (Å²) in [6.45, 7) is 8.17. The molecule has 146 valence electrons. The van der Waals surface area contributed by atoms with Crippen molar-refractivity contribution in [1.29, 1.82) is 0 Å². The average molecular weight is 382 g/mol. The van der Waals surface area contributed by atoms with Gasteiger partial charge in [-0.2, -0.15) is 0 Å². The van der Waals surface area contributed by atoms with E-state index in [1.807, 2.05) is 32.0 Å². The van der Waals surface area contributed by atoms with Gasteiger partial charge in [-0.15, -0.1) is 12.4 Å². The zero-order valence-corrected chi connectivity index (χ0v) is 16.9. The van der Waals surface area contributed by atoms with Gasteiger partial charge in [0.2, 0.25) is 11.8 Å². The molecular formula is C20H32ClN3O2. The maximum absolute atomic E-state index is 12.4. The van der Waals surface area contributed by atoms with E-state index in [1.165, 1.54) is 0 Å². The van der Waals surface area contributed by atoms with Crippen LogP contribution in [0.1, 0.15) is 51.5 Å². The Kier molecular flexibility index (Phi) is 9.66. The minimum Gasteiger partial charge on any atom is -0.326 e. The molecule has 3 N–H and O–H groups in total. The molecule has 1 aromatic carbocycles. The fraction of sp³-hybridized carbons (Fsp3) is 0.600. The van der Waals surface area contributed by atoms with Gasteiger partial charge in [0, 0.05) is 24.2 Å². The predicted molar refractivity (Wildman–Crippen MR) is 110 cm³/mol. The molecule has 2 rings (SSSR count). The average Bonchev–Trinajstić information content (AvgIpc) is 2.59. The molecule has 5 nitrogen and oxygen atoms in total. The number of carbonyl (C=O) groups excluding carboxylic acids is 2. The molecule has 0 saturated carbocycles. The van der Waals surface area contributed by atoms with Crippen molar-refractivity contribution in [2.24, 2.45) is 11.8 Å². The molecule has 1 unspecified atom stereocenters. The van der Waals surface area contributed by atoms with Gasteiger partial charge < -0.3 is 16.0 Å². The lowest BCUT2D eigenvalue weighted by Gasteiger charge is -2.28. The molecule has 1 aliphatic rings. The fourth-order valence-electron chi connectivity index (χ4n) is 3.42. The van der Waals surface area contributed by atoms with Crippen LogP contribution in [0.15, 0.2) is 18.2 Å². The van der Waals surface area contributed by atoms with Gasteiger partial charge >= 0.3 is 0 Å². The molecule has 1 heterocycles. The van der Waals surface area contributed by atoms with Crippen LogP contribution in [0.5, 0.6) is 0 Å². The van der Waals surface area contributed by atoms with Gasteiger partial charge in [-0.05, 0) is 68.8 Å². The quantitative estimate of drug-likeness (QED) is 0.665. The molecule has 0 aliphatic carbocycles. The maximum Gasteiger partial charge on any atom is 0.224 e. The fourth-order valence-corrected chi connectivity index (χ4v) is 3.42. The molecule has 0 spiro atoms. The first-order valence-corrected chi connectivity index (χ1v) is 9.41. The van der Waals surface area contributed by atoms with Crippen LogP contribution >= 0.6 is 12.4 Å². The Morgan fingerprint density at radius 1 is 1.15 bits per heavy atom. The molecule has 1 aliphatic heterocycles. The number of benzene rings is 1. The van der Waals surface area contributed by atoms with E-state index < -0.39 is 0 Å². The molecule has 0 aromatic heterocycles. The van der Waals surface area contributed by atoms with Gasteiger partial charge in [-0.25, -0.2) is 0 Å². The molecule has 1 atom stereocenters. The lowest BCUT2D eigenvalue weighted by Crippen LogP contribution is -2.32. The van der Waals surface area contributed by atoms with Crippen molar-refractivity contribution in [3.8, 4) is 0 Å². The molecule has 6 heteroatoms. The number of halogens is 1. The molecule has 1 aromatic rings. The van der Waals surface area contributed by atoms with E-state index in [0.29, 0.717) is 24.7 Å². The second-order valence-corrected chi connectivity index (χ2v) is 7.09. The normalized spacial score (nSPS) is 15.7. The number of amides is 2. The van der Waals surface area contributed by atoms with Gasteiger partial charge in [0.1, 0.15) is 0 Å². The first-order valence-electron chi connectivity index (χ1n) is 9.41. The number of hydrogen-bond donors (Lipinski definition) is 3. The Hall–Kier alpha value is -1.59. The molecule has 2 amide bonds. The van der Waals surface area contributed by atoms with E-state index in [0.717, 1.165) is 49.3 Å². The summed E-state index contributed by atoms with van der Waals surface area (Å²) in [4.78, 5) is 24.3. The number of nitrogens with one attached hydrogen (secondary N) is 3. The van der Waals surface area contributed by atoms with Crippen molar-refractivity contribution in [2.45, 2.75) is 52.9 Å². The second kappa shape index (κ2) is 11.2. The van der Waals surface area contributed by atoms with Crippen molar-refractivity contribution in [3.05, 3.63) is 23.8 Å². The van der Waals surface area contributed by atoms with Crippen molar-refractivity contribution < 1.29 is 9.59 Å². The SMILES string of the molecule is CCCC(=O)Nc1cccc(NC(=O)CC(C)C2CCNCC2)c1C.Cl. The maximum atomic E-state index is 12.4. The molecular weight excluding hydrogens is 350 g/mol. The second-order valence-electron chi connectivity index (χ2n) is 7.09. The van der Waals surface area contributed by atoms with Crippen LogP contribution in [0.3, 0.4) is 0 Å². The van der Waals surface area contributed by atoms with Crippen molar-refractivity contribution in [1.82, 2.24) is 5.32 Å². The predicted octanol–water partition coefficient (Wildman–Crippen LogP) is 4.12. The van der Waals surface area contributed by atoms with Crippen LogP contribution in [0.4, 0.5) is 11.4 Å². The van der Waals surface area contributed by atoms with Crippen molar-refractivity contribution >= 4 is 35.6 Å². The van der Waals surface area contributed by atoms with Gasteiger partial charge in [0.25, 0.3) is 0 Å². The first-order chi connectivity index (χ1) is 12.0. The van der Waals surface area contributed by atoms with E-state index in [1.54, 1.807) is 0 Å². The standard InChI is InChI=1S/C20H31N3O2.ClH/c1-4-6-19(24)22-17-7-5-8-18(15(17)3)23-20(25)13-14(2)16-9-11-21-12-10-16;/h5,7-8,14,16,21H,4,6,9-13H2,1-3H3,(H,22,24)(H,23,25);1H. The van der Waals surface area contributed by atoms with Crippen molar-refractivity contribution in [3.63, 3.8) is 0 Å². The van der Waals surface area contributed by atoms with Crippen LogP contribution in [-0.4, -0.2) is 24.9 Å². The van der Waals surface area contributed by atoms with E-state index in [9.17, 15) is 9.59 Å². The zero-order valence-electron chi connectivity index (χ0n) is 16.1. The van der Waals surface area contributed by atoms with E-state index in [4.69, 9.17) is 0 Å². The first kappa shape index (κ1) is 22.5. The Balaban J connectivity index is 0.00000338. The third-order valence-electron chi connectivity index (χ3n) is 5.05. The largest absolute Gasteiger partial charge is 0.326 e. The van der Waals surface area contributed by atoms with Gasteiger partial charge in [-0.1, -0.05) is 19.9 Å². The smallest absolute Gasteiger partial charge is 0.224 e. The van der Waals surface area contributed by atoms with Crippen LogP contribution in [0.25, 0.3) is 0 Å².